The van der Waals surface area contributed by atoms with Gasteiger partial charge in [-0.1, -0.05) is 12.1 Å². The van der Waals surface area contributed by atoms with Crippen LogP contribution in [0.15, 0.2) is 35.3 Å². The number of hydrogen-bond acceptors (Lipinski definition) is 5. The second kappa shape index (κ2) is 5.33. The molecule has 1 aromatic carbocycles. The molecule has 0 spiro atoms. The molecule has 0 bridgehead atoms. The van der Waals surface area contributed by atoms with E-state index in [4.69, 9.17) is 4.74 Å². The van der Waals surface area contributed by atoms with Crippen molar-refractivity contribution in [2.75, 3.05) is 6.61 Å². The molecule has 2 heterocycles. The summed E-state index contributed by atoms with van der Waals surface area (Å²) in [6.07, 6.45) is 1.38. The number of rotatable bonds is 3. The number of hydrogen-bond donors (Lipinski definition) is 0. The molecule has 0 saturated heterocycles. The number of nitrogens with zero attached hydrogens (tertiary/aromatic N) is 4. The summed E-state index contributed by atoms with van der Waals surface area (Å²) in [4.78, 5) is 24.4. The number of ether oxygens (including phenoxy) is 1. The molecule has 22 heavy (non-hydrogen) atoms. The zero-order valence-electron chi connectivity index (χ0n) is 11.8. The van der Waals surface area contributed by atoms with Gasteiger partial charge in [0.2, 0.25) is 0 Å². The molecule has 3 aromatic rings. The van der Waals surface area contributed by atoms with E-state index in [0.717, 1.165) is 0 Å². The summed E-state index contributed by atoms with van der Waals surface area (Å²) in [5, 5.41) is 13.8. The fourth-order valence-electron chi connectivity index (χ4n) is 2.42. The number of carbonyl (C=O) groups excluding carboxylic acids is 1. The van der Waals surface area contributed by atoms with Crippen LogP contribution in [0.2, 0.25) is 0 Å². The first-order valence-corrected chi connectivity index (χ1v) is 6.72. The van der Waals surface area contributed by atoms with Crippen molar-refractivity contribution in [1.29, 1.82) is 5.26 Å². The third kappa shape index (κ3) is 2.02. The first-order valence-electron chi connectivity index (χ1n) is 6.72. The third-order valence-corrected chi connectivity index (χ3v) is 3.32. The van der Waals surface area contributed by atoms with Crippen LogP contribution in [0.3, 0.4) is 0 Å². The van der Waals surface area contributed by atoms with E-state index in [1.165, 1.54) is 15.3 Å². The molecule has 0 saturated carbocycles. The Balaban J connectivity index is 2.38. The average molecular weight is 296 g/mol. The molecule has 0 fully saturated rings. The van der Waals surface area contributed by atoms with Crippen LogP contribution in [0, 0.1) is 11.3 Å². The summed E-state index contributed by atoms with van der Waals surface area (Å²) in [7, 11) is 0. The van der Waals surface area contributed by atoms with Crippen LogP contribution in [-0.2, 0) is 16.1 Å². The Morgan fingerprint density at radius 2 is 2.18 bits per heavy atom. The minimum Gasteiger partial charge on any atom is -0.465 e. The number of aromatic nitrogens is 3. The fraction of sp³-hybridized carbons (Fsp3) is 0.200. The van der Waals surface area contributed by atoms with Crippen LogP contribution in [0.1, 0.15) is 12.5 Å². The van der Waals surface area contributed by atoms with Gasteiger partial charge in [-0.2, -0.15) is 10.4 Å². The van der Waals surface area contributed by atoms with Crippen molar-refractivity contribution >= 4 is 22.5 Å². The van der Waals surface area contributed by atoms with Crippen molar-refractivity contribution in [3.63, 3.8) is 0 Å². The van der Waals surface area contributed by atoms with Crippen LogP contribution in [-0.4, -0.2) is 26.8 Å². The monoisotopic (exact) mass is 296 g/mol. The molecule has 7 heteroatoms. The molecule has 0 aliphatic carbocycles. The highest BCUT2D eigenvalue weighted by atomic mass is 16.5. The lowest BCUT2D eigenvalue weighted by atomic mass is 10.2. The van der Waals surface area contributed by atoms with Gasteiger partial charge >= 0.3 is 5.97 Å². The van der Waals surface area contributed by atoms with E-state index in [1.807, 2.05) is 6.07 Å². The lowest BCUT2D eigenvalue weighted by Gasteiger charge is -2.10. The lowest BCUT2D eigenvalue weighted by molar-refractivity contribution is -0.143. The molecule has 0 N–H and O–H groups in total. The van der Waals surface area contributed by atoms with E-state index >= 15 is 0 Å². The number of benzene rings is 1. The van der Waals surface area contributed by atoms with Crippen LogP contribution >= 0.6 is 0 Å². The SMILES string of the molecule is CCOC(=O)Cn1c(=O)c2ccccc2n2ncc(C#N)c12. The van der Waals surface area contributed by atoms with Crippen LogP contribution in [0.4, 0.5) is 0 Å². The Labute approximate surface area is 125 Å². The molecule has 110 valence electrons. The minimum atomic E-state index is -0.535. The van der Waals surface area contributed by atoms with Crippen LogP contribution < -0.4 is 5.56 Å². The molecular weight excluding hydrogens is 284 g/mol. The quantitative estimate of drug-likeness (QED) is 0.675. The second-order valence-electron chi connectivity index (χ2n) is 4.62. The topological polar surface area (TPSA) is 89.4 Å². The van der Waals surface area contributed by atoms with Gasteiger partial charge in [0.1, 0.15) is 18.2 Å². The predicted molar refractivity (Wildman–Crippen MR) is 78.3 cm³/mol. The molecule has 3 rings (SSSR count). The predicted octanol–water partition coefficient (Wildman–Crippen LogP) is 1.08. The smallest absolute Gasteiger partial charge is 0.326 e. The number of fused-ring (bicyclic) bond motifs is 3. The molecule has 2 aromatic heterocycles. The number of para-hydroxylation sites is 1. The highest BCUT2D eigenvalue weighted by Gasteiger charge is 2.17. The standard InChI is InChI=1S/C15H12N4O3/c1-2-22-13(20)9-18-14-10(7-16)8-17-19(14)12-6-4-3-5-11(12)15(18)21/h3-6,8H,2,9H2,1H3. The minimum absolute atomic E-state index is 0.224. The fourth-order valence-corrected chi connectivity index (χ4v) is 2.42. The number of carbonyl (C=O) groups is 1. The molecule has 0 unspecified atom stereocenters. The summed E-state index contributed by atoms with van der Waals surface area (Å²) < 4.78 is 7.62. The summed E-state index contributed by atoms with van der Waals surface area (Å²) in [5.41, 5.74) is 0.753. The van der Waals surface area contributed by atoms with Crippen molar-refractivity contribution < 1.29 is 9.53 Å². The van der Waals surface area contributed by atoms with Gasteiger partial charge in [-0.05, 0) is 19.1 Å². The highest BCUT2D eigenvalue weighted by Crippen LogP contribution is 2.16. The molecule has 0 radical (unpaired) electrons. The average Bonchev–Trinajstić information content (AvgIpc) is 2.95. The van der Waals surface area contributed by atoms with Crippen molar-refractivity contribution in [2.24, 2.45) is 0 Å². The van der Waals surface area contributed by atoms with E-state index in [9.17, 15) is 14.9 Å². The zero-order chi connectivity index (χ0) is 15.7. The highest BCUT2D eigenvalue weighted by molar-refractivity contribution is 5.82. The van der Waals surface area contributed by atoms with Gasteiger partial charge in [-0.3, -0.25) is 14.2 Å². The molecule has 0 atom stereocenters. The first kappa shape index (κ1) is 13.8. The maximum absolute atomic E-state index is 12.7. The van der Waals surface area contributed by atoms with Gasteiger partial charge in [0, 0.05) is 0 Å². The Morgan fingerprint density at radius 1 is 1.41 bits per heavy atom. The number of esters is 1. The Morgan fingerprint density at radius 3 is 2.91 bits per heavy atom. The van der Waals surface area contributed by atoms with Crippen molar-refractivity contribution in [2.45, 2.75) is 13.5 Å². The van der Waals surface area contributed by atoms with Crippen LogP contribution in [0.5, 0.6) is 0 Å². The Kier molecular flexibility index (Phi) is 3.35. The summed E-state index contributed by atoms with van der Waals surface area (Å²) in [6, 6.07) is 8.91. The van der Waals surface area contributed by atoms with Crippen LogP contribution in [0.25, 0.3) is 16.6 Å². The second-order valence-corrected chi connectivity index (χ2v) is 4.62. The van der Waals surface area contributed by atoms with Gasteiger partial charge in [0.05, 0.1) is 23.7 Å². The molecule has 7 nitrogen and oxygen atoms in total. The van der Waals surface area contributed by atoms with Gasteiger partial charge < -0.3 is 4.74 Å². The zero-order valence-corrected chi connectivity index (χ0v) is 11.8. The summed E-state index contributed by atoms with van der Waals surface area (Å²) >= 11 is 0. The Bertz CT molecular complexity index is 978. The van der Waals surface area contributed by atoms with Crippen molar-refractivity contribution in [1.82, 2.24) is 14.2 Å². The maximum Gasteiger partial charge on any atom is 0.326 e. The number of nitriles is 1. The van der Waals surface area contributed by atoms with Gasteiger partial charge in [0.15, 0.2) is 5.65 Å². The summed E-state index contributed by atoms with van der Waals surface area (Å²) in [5.74, 6) is -0.535. The molecular formula is C15H12N4O3. The maximum atomic E-state index is 12.7. The third-order valence-electron chi connectivity index (χ3n) is 3.32. The molecule has 0 aliphatic heterocycles. The van der Waals surface area contributed by atoms with Gasteiger partial charge in [-0.15, -0.1) is 0 Å². The van der Waals surface area contributed by atoms with E-state index in [2.05, 4.69) is 5.10 Å². The largest absolute Gasteiger partial charge is 0.465 e. The van der Waals surface area contributed by atoms with E-state index in [1.54, 1.807) is 31.2 Å². The van der Waals surface area contributed by atoms with Gasteiger partial charge in [0.25, 0.3) is 5.56 Å². The van der Waals surface area contributed by atoms with Gasteiger partial charge in [-0.25, -0.2) is 4.52 Å². The van der Waals surface area contributed by atoms with E-state index in [-0.39, 0.29) is 24.3 Å². The normalized spacial score (nSPS) is 10.7. The summed E-state index contributed by atoms with van der Waals surface area (Å²) in [6.45, 7) is 1.65. The van der Waals surface area contributed by atoms with E-state index < -0.39 is 5.97 Å². The lowest BCUT2D eigenvalue weighted by Crippen LogP contribution is -2.27. The Hall–Kier alpha value is -3.14. The van der Waals surface area contributed by atoms with E-state index in [0.29, 0.717) is 16.6 Å². The molecule has 0 amide bonds. The first-order chi connectivity index (χ1) is 10.7. The van der Waals surface area contributed by atoms with Crippen molar-refractivity contribution in [3.05, 3.63) is 46.4 Å². The molecule has 0 aliphatic rings. The van der Waals surface area contributed by atoms with Crippen molar-refractivity contribution in [3.8, 4) is 6.07 Å².